The maximum Gasteiger partial charge on any atom is 0.252 e. The van der Waals surface area contributed by atoms with Crippen molar-refractivity contribution in [1.82, 2.24) is 9.62 Å². The van der Waals surface area contributed by atoms with Crippen molar-refractivity contribution in [2.24, 2.45) is 0 Å². The third kappa shape index (κ3) is 5.20. The highest BCUT2D eigenvalue weighted by molar-refractivity contribution is 7.91. The molecule has 0 aliphatic rings. The lowest BCUT2D eigenvalue weighted by molar-refractivity contribution is -0.121. The van der Waals surface area contributed by atoms with Gasteiger partial charge in [-0.25, -0.2) is 8.42 Å². The number of amides is 1. The molecule has 0 atom stereocenters. The molecule has 2 N–H and O–H groups in total. The maximum absolute atomic E-state index is 12.1. The summed E-state index contributed by atoms with van der Waals surface area (Å²) in [5.41, 5.74) is 0. The molecular weight excluding hydrogens is 300 g/mol. The number of rotatable bonds is 9. The number of nitrogens with one attached hydrogen (secondary N) is 1. The van der Waals surface area contributed by atoms with Crippen LogP contribution in [-0.2, 0) is 14.8 Å². The number of unbranched alkanes of at least 4 members (excludes halogenated alkanes) is 2. The van der Waals surface area contributed by atoms with Crippen LogP contribution in [0.25, 0.3) is 0 Å². The number of nitrogens with zero attached hydrogens (tertiary/aromatic N) is 1. The molecule has 0 saturated heterocycles. The van der Waals surface area contributed by atoms with Crippen LogP contribution in [0.5, 0.6) is 0 Å². The van der Waals surface area contributed by atoms with Gasteiger partial charge >= 0.3 is 0 Å². The SMILES string of the molecule is CN(CC(=O)NCCCCCO)S(=O)(=O)c1cccs1. The molecule has 1 aromatic rings. The molecule has 0 saturated carbocycles. The largest absolute Gasteiger partial charge is 0.396 e. The van der Waals surface area contributed by atoms with Crippen molar-refractivity contribution < 1.29 is 18.3 Å². The van der Waals surface area contributed by atoms with Gasteiger partial charge in [0.15, 0.2) is 0 Å². The number of hydrogen-bond donors (Lipinski definition) is 2. The van der Waals surface area contributed by atoms with Crippen LogP contribution < -0.4 is 5.32 Å². The van der Waals surface area contributed by atoms with E-state index in [1.54, 1.807) is 11.4 Å². The van der Waals surface area contributed by atoms with E-state index in [-0.39, 0.29) is 23.3 Å². The van der Waals surface area contributed by atoms with E-state index >= 15 is 0 Å². The van der Waals surface area contributed by atoms with E-state index in [4.69, 9.17) is 5.11 Å². The molecule has 20 heavy (non-hydrogen) atoms. The number of aliphatic hydroxyl groups excluding tert-OH is 1. The van der Waals surface area contributed by atoms with Crippen molar-refractivity contribution in [3.8, 4) is 0 Å². The Kier molecular flexibility index (Phi) is 7.14. The normalized spacial score (nSPS) is 11.8. The number of likely N-dealkylation sites (N-methyl/N-ethyl adjacent to an activating group) is 1. The minimum Gasteiger partial charge on any atom is -0.396 e. The lowest BCUT2D eigenvalue weighted by Gasteiger charge is -2.15. The van der Waals surface area contributed by atoms with Crippen LogP contribution in [0.1, 0.15) is 19.3 Å². The summed E-state index contributed by atoms with van der Waals surface area (Å²) in [7, 11) is -2.18. The fourth-order valence-corrected chi connectivity index (χ4v) is 3.88. The Morgan fingerprint density at radius 1 is 1.40 bits per heavy atom. The van der Waals surface area contributed by atoms with E-state index < -0.39 is 10.0 Å². The molecule has 0 fully saturated rings. The van der Waals surface area contributed by atoms with Gasteiger partial charge in [0.2, 0.25) is 5.91 Å². The fourth-order valence-electron chi connectivity index (χ4n) is 1.55. The smallest absolute Gasteiger partial charge is 0.252 e. The zero-order chi connectivity index (χ0) is 15.0. The van der Waals surface area contributed by atoms with Crippen molar-refractivity contribution >= 4 is 27.3 Å². The average molecular weight is 320 g/mol. The first-order chi connectivity index (χ1) is 9.48. The second kappa shape index (κ2) is 8.35. The average Bonchev–Trinajstić information content (AvgIpc) is 2.92. The van der Waals surface area contributed by atoms with E-state index in [1.807, 2.05) is 0 Å². The molecule has 0 unspecified atom stereocenters. The van der Waals surface area contributed by atoms with Crippen LogP contribution in [0.3, 0.4) is 0 Å². The number of thiophene rings is 1. The summed E-state index contributed by atoms with van der Waals surface area (Å²) < 4.78 is 25.4. The molecule has 1 amide bonds. The highest BCUT2D eigenvalue weighted by atomic mass is 32.2. The summed E-state index contributed by atoms with van der Waals surface area (Å²) in [6.45, 7) is 0.446. The van der Waals surface area contributed by atoms with Gasteiger partial charge in [-0.1, -0.05) is 6.07 Å². The van der Waals surface area contributed by atoms with E-state index in [0.717, 1.165) is 28.5 Å². The van der Waals surface area contributed by atoms with Crippen LogP contribution in [0.15, 0.2) is 21.7 Å². The lowest BCUT2D eigenvalue weighted by Crippen LogP contribution is -2.38. The monoisotopic (exact) mass is 320 g/mol. The highest BCUT2D eigenvalue weighted by Gasteiger charge is 2.23. The van der Waals surface area contributed by atoms with Gasteiger partial charge in [-0.05, 0) is 30.7 Å². The summed E-state index contributed by atoms with van der Waals surface area (Å²) in [6.07, 6.45) is 2.32. The van der Waals surface area contributed by atoms with Crippen LogP contribution in [0, 0.1) is 0 Å². The van der Waals surface area contributed by atoms with Crippen LogP contribution in [-0.4, -0.2) is 50.5 Å². The molecule has 6 nitrogen and oxygen atoms in total. The minimum absolute atomic E-state index is 0.149. The molecule has 8 heteroatoms. The first-order valence-corrected chi connectivity index (χ1v) is 8.68. The van der Waals surface area contributed by atoms with Gasteiger partial charge in [0, 0.05) is 20.2 Å². The van der Waals surface area contributed by atoms with Gasteiger partial charge in [0.1, 0.15) is 4.21 Å². The van der Waals surface area contributed by atoms with E-state index in [1.165, 1.54) is 13.1 Å². The van der Waals surface area contributed by atoms with Crippen molar-refractivity contribution in [1.29, 1.82) is 0 Å². The molecule has 0 aliphatic heterocycles. The van der Waals surface area contributed by atoms with Crippen LogP contribution >= 0.6 is 11.3 Å². The molecule has 1 rings (SSSR count). The number of hydrogen-bond acceptors (Lipinski definition) is 5. The van der Waals surface area contributed by atoms with Gasteiger partial charge in [-0.15, -0.1) is 11.3 Å². The number of sulfonamides is 1. The number of carbonyl (C=O) groups is 1. The molecule has 0 radical (unpaired) electrons. The lowest BCUT2D eigenvalue weighted by atomic mass is 10.2. The number of aliphatic hydroxyl groups is 1. The van der Waals surface area contributed by atoms with E-state index in [2.05, 4.69) is 5.32 Å². The van der Waals surface area contributed by atoms with Gasteiger partial charge in [-0.2, -0.15) is 4.31 Å². The van der Waals surface area contributed by atoms with Crippen molar-refractivity contribution in [3.63, 3.8) is 0 Å². The summed E-state index contributed by atoms with van der Waals surface area (Å²) in [6, 6.07) is 3.18. The Morgan fingerprint density at radius 3 is 2.75 bits per heavy atom. The summed E-state index contributed by atoms with van der Waals surface area (Å²) in [5.74, 6) is -0.323. The van der Waals surface area contributed by atoms with E-state index in [9.17, 15) is 13.2 Å². The highest BCUT2D eigenvalue weighted by Crippen LogP contribution is 2.19. The predicted molar refractivity (Wildman–Crippen MR) is 78.1 cm³/mol. The van der Waals surface area contributed by atoms with Gasteiger partial charge < -0.3 is 10.4 Å². The molecule has 0 aliphatic carbocycles. The Balaban J connectivity index is 2.38. The summed E-state index contributed by atoms with van der Waals surface area (Å²) >= 11 is 1.13. The Hall–Kier alpha value is -0.960. The van der Waals surface area contributed by atoms with Crippen molar-refractivity contribution in [2.75, 3.05) is 26.7 Å². The third-order valence-corrected chi connectivity index (χ3v) is 5.86. The minimum atomic E-state index is -3.57. The Labute approximate surface area is 123 Å². The van der Waals surface area contributed by atoms with Gasteiger partial charge in [-0.3, -0.25) is 4.79 Å². The quantitative estimate of drug-likeness (QED) is 0.654. The summed E-state index contributed by atoms with van der Waals surface area (Å²) in [4.78, 5) is 11.6. The second-order valence-electron chi connectivity index (χ2n) is 4.33. The van der Waals surface area contributed by atoms with Gasteiger partial charge in [0.25, 0.3) is 10.0 Å². The van der Waals surface area contributed by atoms with Gasteiger partial charge in [0.05, 0.1) is 6.54 Å². The molecule has 0 aromatic carbocycles. The zero-order valence-electron chi connectivity index (χ0n) is 11.4. The number of carbonyl (C=O) groups excluding carboxylic acids is 1. The molecular formula is C12H20N2O4S2. The predicted octanol–water partition coefficient (Wildman–Crippen LogP) is 0.647. The van der Waals surface area contributed by atoms with Crippen molar-refractivity contribution in [2.45, 2.75) is 23.5 Å². The van der Waals surface area contributed by atoms with Crippen LogP contribution in [0.4, 0.5) is 0 Å². The molecule has 1 aromatic heterocycles. The Morgan fingerprint density at radius 2 is 2.15 bits per heavy atom. The molecule has 1 heterocycles. The second-order valence-corrected chi connectivity index (χ2v) is 7.55. The first kappa shape index (κ1) is 17.1. The zero-order valence-corrected chi connectivity index (χ0v) is 13.0. The molecule has 114 valence electrons. The van der Waals surface area contributed by atoms with Crippen LogP contribution in [0.2, 0.25) is 0 Å². The van der Waals surface area contributed by atoms with E-state index in [0.29, 0.717) is 13.0 Å². The first-order valence-electron chi connectivity index (χ1n) is 6.36. The third-order valence-electron chi connectivity index (χ3n) is 2.68. The van der Waals surface area contributed by atoms with Crippen molar-refractivity contribution in [3.05, 3.63) is 17.5 Å². The maximum atomic E-state index is 12.1. The molecule has 0 bridgehead atoms. The standard InChI is InChI=1S/C12H20N2O4S2/c1-14(20(17,18)12-6-5-9-19-12)10-11(16)13-7-3-2-4-8-15/h5-6,9,15H,2-4,7-8,10H2,1H3,(H,13,16). The topological polar surface area (TPSA) is 86.7 Å². The fraction of sp³-hybridized carbons (Fsp3) is 0.583. The Bertz CT molecular complexity index is 500. The summed E-state index contributed by atoms with van der Waals surface area (Å²) in [5, 5.41) is 13.0. The molecule has 0 spiro atoms.